The number of nitrogen functional groups attached to an aromatic ring is 2. The van der Waals surface area contributed by atoms with E-state index in [0.717, 1.165) is 0 Å². The van der Waals surface area contributed by atoms with E-state index in [1.54, 1.807) is 0 Å². The van der Waals surface area contributed by atoms with Crippen molar-refractivity contribution < 1.29 is 10.2 Å². The zero-order valence-corrected chi connectivity index (χ0v) is 8.98. The van der Waals surface area contributed by atoms with Gasteiger partial charge in [-0.3, -0.25) is 0 Å². The molecule has 0 aromatic carbocycles. The van der Waals surface area contributed by atoms with E-state index in [0.29, 0.717) is 11.3 Å². The van der Waals surface area contributed by atoms with Gasteiger partial charge in [-0.2, -0.15) is 0 Å². The molecule has 5 nitrogen and oxygen atoms in total. The number of halogens is 1. The average Bonchev–Trinajstić information content (AvgIpc) is 2.20. The van der Waals surface area contributed by atoms with Crippen LogP contribution in [-0.2, 0) is 0 Å². The van der Waals surface area contributed by atoms with Gasteiger partial charge in [0.1, 0.15) is 11.9 Å². The molecule has 0 aliphatic heterocycles. The van der Waals surface area contributed by atoms with Gasteiger partial charge in [0.2, 0.25) is 0 Å². The summed E-state index contributed by atoms with van der Waals surface area (Å²) in [6.07, 6.45) is -0.507. The van der Waals surface area contributed by atoms with Crippen molar-refractivity contribution >= 4 is 27.4 Å². The van der Waals surface area contributed by atoms with Crippen LogP contribution in [0.25, 0.3) is 0 Å². The van der Waals surface area contributed by atoms with Crippen molar-refractivity contribution in [1.29, 1.82) is 0 Å². The maximum absolute atomic E-state index is 9.59. The number of nitrogens with two attached hydrogens (primary N) is 2. The summed E-state index contributed by atoms with van der Waals surface area (Å²) in [6.45, 7) is 0. The monoisotopic (exact) mass is 261 g/mol. The summed E-state index contributed by atoms with van der Waals surface area (Å²) < 4.78 is 0. The first-order valence-corrected chi connectivity index (χ1v) is 5.11. The predicted octanol–water partition coefficient (Wildman–Crippen LogP) is 0.0352. The Labute approximate surface area is 89.9 Å². The van der Waals surface area contributed by atoms with Gasteiger partial charge in [-0.05, 0) is 6.07 Å². The van der Waals surface area contributed by atoms with Crippen molar-refractivity contribution in [3.8, 4) is 0 Å². The lowest BCUT2D eigenvalue weighted by atomic mass is 10.1. The summed E-state index contributed by atoms with van der Waals surface area (Å²) >= 11 is 3.06. The van der Waals surface area contributed by atoms with Crippen molar-refractivity contribution in [3.05, 3.63) is 17.8 Å². The summed E-state index contributed by atoms with van der Waals surface area (Å²) in [7, 11) is 0. The minimum atomic E-state index is -1.01. The van der Waals surface area contributed by atoms with Crippen LogP contribution in [0.3, 0.4) is 0 Å². The Balaban J connectivity index is 2.91. The number of nitrogens with zero attached hydrogens (tertiary/aromatic N) is 1. The minimum Gasteiger partial charge on any atom is -0.396 e. The van der Waals surface area contributed by atoms with Crippen LogP contribution in [-0.4, -0.2) is 26.6 Å². The van der Waals surface area contributed by atoms with E-state index < -0.39 is 12.2 Å². The lowest BCUT2D eigenvalue weighted by Gasteiger charge is -2.15. The van der Waals surface area contributed by atoms with E-state index in [4.69, 9.17) is 11.5 Å². The van der Waals surface area contributed by atoms with Crippen LogP contribution >= 0.6 is 15.9 Å². The first-order chi connectivity index (χ1) is 6.56. The third-order valence-electron chi connectivity index (χ3n) is 1.83. The number of aliphatic hydroxyl groups is 2. The van der Waals surface area contributed by atoms with Crippen molar-refractivity contribution in [1.82, 2.24) is 4.98 Å². The third-order valence-corrected chi connectivity index (χ3v) is 2.50. The Bertz CT molecular complexity index is 321. The predicted molar refractivity (Wildman–Crippen MR) is 57.8 cm³/mol. The molecule has 0 fully saturated rings. The molecule has 2 unspecified atom stereocenters. The zero-order chi connectivity index (χ0) is 10.7. The molecular formula is C8H12BrN3O2. The van der Waals surface area contributed by atoms with Crippen LogP contribution in [0.4, 0.5) is 11.5 Å². The Hall–Kier alpha value is -0.850. The van der Waals surface area contributed by atoms with Crippen LogP contribution in [0, 0.1) is 0 Å². The number of hydrogen-bond donors (Lipinski definition) is 4. The molecule has 6 N–H and O–H groups in total. The standard InChI is InChI=1S/C8H12BrN3O2/c9-2-6(13)7(14)4-1-5(10)8(11)12-3-4/h1,3,6-7,13-14H,2,10H2,(H2,11,12). The molecule has 0 radical (unpaired) electrons. The van der Waals surface area contributed by atoms with E-state index >= 15 is 0 Å². The number of anilines is 2. The molecular weight excluding hydrogens is 250 g/mol. The molecule has 78 valence electrons. The fourth-order valence-electron chi connectivity index (χ4n) is 0.978. The van der Waals surface area contributed by atoms with Crippen LogP contribution < -0.4 is 11.5 Å². The number of aromatic nitrogens is 1. The number of rotatable bonds is 3. The summed E-state index contributed by atoms with van der Waals surface area (Å²) in [6, 6.07) is 1.50. The summed E-state index contributed by atoms with van der Waals surface area (Å²) in [5.41, 5.74) is 11.7. The van der Waals surface area contributed by atoms with Gasteiger partial charge in [0, 0.05) is 17.1 Å². The molecule has 2 atom stereocenters. The van der Waals surface area contributed by atoms with Crippen molar-refractivity contribution in [2.45, 2.75) is 12.2 Å². The maximum Gasteiger partial charge on any atom is 0.146 e. The SMILES string of the molecule is Nc1cc(C(O)C(O)CBr)cnc1N. The molecule has 0 amide bonds. The Kier molecular flexibility index (Phi) is 3.68. The molecule has 0 saturated heterocycles. The highest BCUT2D eigenvalue weighted by molar-refractivity contribution is 9.09. The highest BCUT2D eigenvalue weighted by Gasteiger charge is 2.17. The van der Waals surface area contributed by atoms with E-state index in [1.807, 2.05) is 0 Å². The molecule has 1 aromatic rings. The summed E-state index contributed by atoms with van der Waals surface area (Å²) in [4.78, 5) is 3.78. The van der Waals surface area contributed by atoms with Gasteiger partial charge in [0.15, 0.2) is 0 Å². The molecule has 1 aromatic heterocycles. The van der Waals surface area contributed by atoms with Gasteiger partial charge in [-0.15, -0.1) is 0 Å². The van der Waals surface area contributed by atoms with Crippen molar-refractivity contribution in [2.24, 2.45) is 0 Å². The van der Waals surface area contributed by atoms with Crippen LogP contribution in [0.5, 0.6) is 0 Å². The van der Waals surface area contributed by atoms with Gasteiger partial charge in [-0.25, -0.2) is 4.98 Å². The summed E-state index contributed by atoms with van der Waals surface area (Å²) in [5.74, 6) is 0.217. The first kappa shape index (κ1) is 11.2. The van der Waals surface area contributed by atoms with E-state index in [-0.39, 0.29) is 11.1 Å². The minimum absolute atomic E-state index is 0.217. The molecule has 1 rings (SSSR count). The Morgan fingerprint density at radius 2 is 2.07 bits per heavy atom. The van der Waals surface area contributed by atoms with E-state index in [9.17, 15) is 10.2 Å². The molecule has 1 heterocycles. The average molecular weight is 262 g/mol. The second kappa shape index (κ2) is 4.59. The van der Waals surface area contributed by atoms with Gasteiger partial charge in [0.05, 0.1) is 11.8 Å². The van der Waals surface area contributed by atoms with Gasteiger partial charge < -0.3 is 21.7 Å². The fraction of sp³-hybridized carbons (Fsp3) is 0.375. The second-order valence-electron chi connectivity index (χ2n) is 2.91. The first-order valence-electron chi connectivity index (χ1n) is 3.99. The molecule has 0 spiro atoms. The number of aliphatic hydroxyl groups excluding tert-OH is 2. The van der Waals surface area contributed by atoms with Gasteiger partial charge in [-0.1, -0.05) is 15.9 Å². The lowest BCUT2D eigenvalue weighted by Crippen LogP contribution is -2.20. The van der Waals surface area contributed by atoms with Crippen LogP contribution in [0.15, 0.2) is 12.3 Å². The highest BCUT2D eigenvalue weighted by Crippen LogP contribution is 2.21. The third kappa shape index (κ3) is 2.34. The smallest absolute Gasteiger partial charge is 0.146 e. The fourth-order valence-corrected chi connectivity index (χ4v) is 1.33. The van der Waals surface area contributed by atoms with Crippen LogP contribution in [0.1, 0.15) is 11.7 Å². The molecule has 6 heteroatoms. The Morgan fingerprint density at radius 1 is 1.43 bits per heavy atom. The molecule has 0 bridgehead atoms. The molecule has 0 aliphatic carbocycles. The quantitative estimate of drug-likeness (QED) is 0.575. The zero-order valence-electron chi connectivity index (χ0n) is 7.39. The van der Waals surface area contributed by atoms with E-state index in [1.165, 1.54) is 12.3 Å². The maximum atomic E-state index is 9.59. The van der Waals surface area contributed by atoms with Crippen LogP contribution in [0.2, 0.25) is 0 Å². The van der Waals surface area contributed by atoms with E-state index in [2.05, 4.69) is 20.9 Å². The second-order valence-corrected chi connectivity index (χ2v) is 3.56. The normalized spacial score (nSPS) is 15.1. The highest BCUT2D eigenvalue weighted by atomic mass is 79.9. The number of pyridine rings is 1. The lowest BCUT2D eigenvalue weighted by molar-refractivity contribution is 0.0341. The van der Waals surface area contributed by atoms with Gasteiger partial charge in [0.25, 0.3) is 0 Å². The molecule has 0 aliphatic rings. The topological polar surface area (TPSA) is 105 Å². The van der Waals surface area contributed by atoms with Crippen molar-refractivity contribution in [3.63, 3.8) is 0 Å². The Morgan fingerprint density at radius 3 is 2.57 bits per heavy atom. The largest absolute Gasteiger partial charge is 0.396 e. The molecule has 0 saturated carbocycles. The summed E-state index contributed by atoms with van der Waals surface area (Å²) in [5, 5.41) is 19.2. The molecule has 14 heavy (non-hydrogen) atoms. The van der Waals surface area contributed by atoms with Crippen molar-refractivity contribution in [2.75, 3.05) is 16.8 Å². The number of hydrogen-bond acceptors (Lipinski definition) is 5. The van der Waals surface area contributed by atoms with Gasteiger partial charge >= 0.3 is 0 Å². The number of alkyl halides is 1.